The summed E-state index contributed by atoms with van der Waals surface area (Å²) in [5, 5.41) is 3.22. The quantitative estimate of drug-likeness (QED) is 0.556. The molecule has 4 heteroatoms. The fourth-order valence-corrected chi connectivity index (χ4v) is 3.10. The zero-order valence-corrected chi connectivity index (χ0v) is 15.5. The third-order valence-electron chi connectivity index (χ3n) is 4.87. The van der Waals surface area contributed by atoms with Crippen molar-refractivity contribution in [1.82, 2.24) is 0 Å². The number of aliphatic imine (C=N–C) groups is 1. The van der Waals surface area contributed by atoms with Crippen LogP contribution in [0.2, 0.25) is 0 Å². The van der Waals surface area contributed by atoms with Crippen LogP contribution in [0.15, 0.2) is 59.6 Å². The molecule has 0 fully saturated rings. The highest BCUT2D eigenvalue weighted by Gasteiger charge is 2.28. The number of hydrogen-bond donors (Lipinski definition) is 2. The average Bonchev–Trinajstić information content (AvgIpc) is 2.66. The number of rotatable bonds is 8. The lowest BCUT2D eigenvalue weighted by Gasteiger charge is -2.30. The summed E-state index contributed by atoms with van der Waals surface area (Å²) in [6.45, 7) is 5.62. The highest BCUT2D eigenvalue weighted by atomic mass is 16.5. The lowest BCUT2D eigenvalue weighted by Crippen LogP contribution is -2.31. The molecule has 4 nitrogen and oxygen atoms in total. The van der Waals surface area contributed by atoms with Crippen molar-refractivity contribution >= 4 is 11.6 Å². The summed E-state index contributed by atoms with van der Waals surface area (Å²) in [6, 6.07) is 18.5. The number of nitrogens with zero attached hydrogens (tertiary/aromatic N) is 1. The van der Waals surface area contributed by atoms with Gasteiger partial charge < -0.3 is 15.8 Å². The molecule has 2 aromatic carbocycles. The predicted octanol–water partition coefficient (Wildman–Crippen LogP) is 4.32. The molecule has 0 saturated carbocycles. The molecule has 0 aliphatic rings. The van der Waals surface area contributed by atoms with Crippen molar-refractivity contribution in [1.29, 1.82) is 0 Å². The molecule has 0 radical (unpaired) electrons. The Hall–Kier alpha value is -2.33. The minimum absolute atomic E-state index is 0.0135. The number of anilines is 1. The van der Waals surface area contributed by atoms with Gasteiger partial charge in [-0.15, -0.1) is 0 Å². The van der Waals surface area contributed by atoms with Crippen molar-refractivity contribution in [3.05, 3.63) is 65.7 Å². The minimum Gasteiger partial charge on any atom is -0.380 e. The zero-order chi connectivity index (χ0) is 18.1. The molecule has 0 heterocycles. The van der Waals surface area contributed by atoms with Crippen LogP contribution in [-0.4, -0.2) is 19.6 Å². The van der Waals surface area contributed by atoms with Gasteiger partial charge in [0.2, 0.25) is 0 Å². The summed E-state index contributed by atoms with van der Waals surface area (Å²) in [5.41, 5.74) is 9.49. The molecule has 0 bridgehead atoms. The standard InChI is InChI=1S/C21H29N3O/c1-4-21(5-2,18-12-7-6-8-13-18)16-23-20(22)24-19-14-10-9-11-17(19)15-25-3/h6-14H,4-5,15-16H2,1-3H3,(H3,22,23,24). The second-order valence-corrected chi connectivity index (χ2v) is 6.27. The van der Waals surface area contributed by atoms with Gasteiger partial charge in [-0.05, 0) is 24.5 Å². The first-order valence-electron chi connectivity index (χ1n) is 8.84. The van der Waals surface area contributed by atoms with Gasteiger partial charge in [0, 0.05) is 23.8 Å². The van der Waals surface area contributed by atoms with Crippen LogP contribution < -0.4 is 11.1 Å². The number of nitrogens with one attached hydrogen (secondary N) is 1. The summed E-state index contributed by atoms with van der Waals surface area (Å²) < 4.78 is 5.24. The van der Waals surface area contributed by atoms with Crippen LogP contribution in [0, 0.1) is 0 Å². The van der Waals surface area contributed by atoms with Crippen LogP contribution in [-0.2, 0) is 16.8 Å². The van der Waals surface area contributed by atoms with Gasteiger partial charge in [-0.25, -0.2) is 0 Å². The Morgan fingerprint density at radius 2 is 1.68 bits per heavy atom. The van der Waals surface area contributed by atoms with Gasteiger partial charge in [-0.3, -0.25) is 4.99 Å². The lowest BCUT2D eigenvalue weighted by molar-refractivity contribution is 0.185. The molecule has 0 aromatic heterocycles. The normalized spacial score (nSPS) is 12.2. The van der Waals surface area contributed by atoms with E-state index < -0.39 is 0 Å². The lowest BCUT2D eigenvalue weighted by atomic mass is 9.76. The molecule has 134 valence electrons. The largest absolute Gasteiger partial charge is 0.380 e. The van der Waals surface area contributed by atoms with Crippen LogP contribution in [0.5, 0.6) is 0 Å². The Morgan fingerprint density at radius 1 is 1.04 bits per heavy atom. The van der Waals surface area contributed by atoms with Gasteiger partial charge >= 0.3 is 0 Å². The molecule has 0 amide bonds. The van der Waals surface area contributed by atoms with E-state index in [1.165, 1.54) is 5.56 Å². The molecule has 3 N–H and O–H groups in total. The first-order valence-corrected chi connectivity index (χ1v) is 8.84. The SMILES string of the molecule is CCC(CC)(CN=C(N)Nc1ccccc1COC)c1ccccc1. The third-order valence-corrected chi connectivity index (χ3v) is 4.87. The molecule has 0 aliphatic heterocycles. The topological polar surface area (TPSA) is 59.6 Å². The van der Waals surface area contributed by atoms with Crippen molar-refractivity contribution in [2.24, 2.45) is 10.7 Å². The molecule has 0 atom stereocenters. The van der Waals surface area contributed by atoms with E-state index in [4.69, 9.17) is 10.5 Å². The molecular formula is C21H29N3O. The number of benzene rings is 2. The minimum atomic E-state index is 0.0135. The van der Waals surface area contributed by atoms with Gasteiger partial charge in [0.1, 0.15) is 0 Å². The first kappa shape index (κ1) is 19.0. The maximum atomic E-state index is 6.16. The Morgan fingerprint density at radius 3 is 2.32 bits per heavy atom. The molecule has 0 saturated heterocycles. The number of ether oxygens (including phenoxy) is 1. The van der Waals surface area contributed by atoms with E-state index in [0.717, 1.165) is 24.1 Å². The first-order chi connectivity index (χ1) is 12.1. The number of para-hydroxylation sites is 1. The molecule has 25 heavy (non-hydrogen) atoms. The average molecular weight is 339 g/mol. The van der Waals surface area contributed by atoms with Crippen molar-refractivity contribution < 1.29 is 4.74 Å². The third kappa shape index (κ3) is 4.83. The molecule has 2 rings (SSSR count). The van der Waals surface area contributed by atoms with Crippen LogP contribution in [0.4, 0.5) is 5.69 Å². The number of methoxy groups -OCH3 is 1. The van der Waals surface area contributed by atoms with E-state index >= 15 is 0 Å². The number of guanidine groups is 1. The Balaban J connectivity index is 2.16. The van der Waals surface area contributed by atoms with Gasteiger partial charge in [0.05, 0.1) is 13.2 Å². The van der Waals surface area contributed by atoms with E-state index in [0.29, 0.717) is 19.1 Å². The summed E-state index contributed by atoms with van der Waals surface area (Å²) in [7, 11) is 1.69. The van der Waals surface area contributed by atoms with E-state index in [9.17, 15) is 0 Å². The summed E-state index contributed by atoms with van der Waals surface area (Å²) in [4.78, 5) is 4.65. The molecule has 2 aromatic rings. The van der Waals surface area contributed by atoms with Gasteiger partial charge in [-0.2, -0.15) is 0 Å². The summed E-state index contributed by atoms with van der Waals surface area (Å²) in [6.07, 6.45) is 2.04. The number of nitrogens with two attached hydrogens (primary N) is 1. The Kier molecular flexibility index (Phi) is 7.02. The Labute approximate surface area is 151 Å². The van der Waals surface area contributed by atoms with Crippen LogP contribution >= 0.6 is 0 Å². The zero-order valence-electron chi connectivity index (χ0n) is 15.5. The van der Waals surface area contributed by atoms with E-state index in [-0.39, 0.29) is 5.41 Å². The van der Waals surface area contributed by atoms with Crippen molar-refractivity contribution in [2.45, 2.75) is 38.7 Å². The smallest absolute Gasteiger partial charge is 0.193 e. The van der Waals surface area contributed by atoms with Crippen molar-refractivity contribution in [3.8, 4) is 0 Å². The van der Waals surface area contributed by atoms with E-state index in [1.807, 2.05) is 30.3 Å². The van der Waals surface area contributed by atoms with Crippen molar-refractivity contribution in [3.63, 3.8) is 0 Å². The molecule has 0 aliphatic carbocycles. The summed E-state index contributed by atoms with van der Waals surface area (Å²) in [5.74, 6) is 0.436. The summed E-state index contributed by atoms with van der Waals surface area (Å²) >= 11 is 0. The number of hydrogen-bond acceptors (Lipinski definition) is 2. The monoisotopic (exact) mass is 339 g/mol. The second-order valence-electron chi connectivity index (χ2n) is 6.27. The van der Waals surface area contributed by atoms with Crippen LogP contribution in [0.25, 0.3) is 0 Å². The molecule has 0 spiro atoms. The van der Waals surface area contributed by atoms with Crippen LogP contribution in [0.1, 0.15) is 37.8 Å². The van der Waals surface area contributed by atoms with Gasteiger partial charge in [-0.1, -0.05) is 62.4 Å². The fraction of sp³-hybridized carbons (Fsp3) is 0.381. The molecule has 0 unspecified atom stereocenters. The highest BCUT2D eigenvalue weighted by Crippen LogP contribution is 2.32. The predicted molar refractivity (Wildman–Crippen MR) is 106 cm³/mol. The van der Waals surface area contributed by atoms with Gasteiger partial charge in [0.25, 0.3) is 0 Å². The van der Waals surface area contributed by atoms with E-state index in [1.54, 1.807) is 7.11 Å². The maximum absolute atomic E-state index is 6.16. The maximum Gasteiger partial charge on any atom is 0.193 e. The van der Waals surface area contributed by atoms with Crippen molar-refractivity contribution in [2.75, 3.05) is 19.0 Å². The fourth-order valence-electron chi connectivity index (χ4n) is 3.10. The highest BCUT2D eigenvalue weighted by molar-refractivity contribution is 5.93. The van der Waals surface area contributed by atoms with Crippen LogP contribution in [0.3, 0.4) is 0 Å². The van der Waals surface area contributed by atoms with Gasteiger partial charge in [0.15, 0.2) is 5.96 Å². The Bertz CT molecular complexity index is 679. The molecular weight excluding hydrogens is 310 g/mol. The van der Waals surface area contributed by atoms with E-state index in [2.05, 4.69) is 48.4 Å². The second kappa shape index (κ2) is 9.23.